The molecule has 0 aliphatic heterocycles. The van der Waals surface area contributed by atoms with Gasteiger partial charge in [-0.1, -0.05) is 0 Å². The predicted octanol–water partition coefficient (Wildman–Crippen LogP) is 3.38. The smallest absolute Gasteiger partial charge is 0.198 e. The molecule has 0 atom stereocenters. The third-order valence-corrected chi connectivity index (χ3v) is 2.58. The van der Waals surface area contributed by atoms with E-state index in [2.05, 4.69) is 31.2 Å². The number of anilines is 1. The van der Waals surface area contributed by atoms with Crippen LogP contribution in [0.5, 0.6) is 0 Å². The molecule has 0 aromatic carbocycles. The second-order valence-corrected chi connectivity index (χ2v) is 4.21. The Bertz CT molecular complexity index is 542. The lowest BCUT2D eigenvalue weighted by Gasteiger charge is -2.07. The monoisotopic (exact) mass is 299 g/mol. The van der Waals surface area contributed by atoms with Crippen molar-refractivity contribution in [3.8, 4) is 11.6 Å². The molecule has 17 heavy (non-hydrogen) atoms. The molecule has 90 valence electrons. The van der Waals surface area contributed by atoms with Crippen LogP contribution < -0.4 is 5.32 Å². The van der Waals surface area contributed by atoms with Crippen molar-refractivity contribution < 1.29 is 8.81 Å². The fraction of sp³-hybridized carbons (Fsp3) is 0.273. The van der Waals surface area contributed by atoms with E-state index in [1.165, 1.54) is 0 Å². The Hall–Kier alpha value is -1.43. The van der Waals surface area contributed by atoms with Gasteiger partial charge in [0.15, 0.2) is 27.9 Å². The Morgan fingerprint density at radius 3 is 2.76 bits per heavy atom. The zero-order chi connectivity index (χ0) is 12.4. The molecule has 2 aromatic heterocycles. The second kappa shape index (κ2) is 4.83. The molecule has 0 aliphatic carbocycles. The van der Waals surface area contributed by atoms with E-state index in [4.69, 9.17) is 4.42 Å². The molecule has 0 aliphatic rings. The number of rotatable bonds is 3. The van der Waals surface area contributed by atoms with Crippen LogP contribution in [0.15, 0.2) is 21.2 Å². The maximum Gasteiger partial charge on any atom is 0.198 e. The summed E-state index contributed by atoms with van der Waals surface area (Å²) in [7, 11) is 0. The van der Waals surface area contributed by atoms with Crippen molar-refractivity contribution in [3.05, 3.63) is 28.3 Å². The lowest BCUT2D eigenvalue weighted by Crippen LogP contribution is -2.06. The summed E-state index contributed by atoms with van der Waals surface area (Å²) in [4.78, 5) is 8.15. The van der Waals surface area contributed by atoms with Gasteiger partial charge in [-0.25, -0.2) is 14.4 Å². The fourth-order valence-corrected chi connectivity index (χ4v) is 1.70. The highest BCUT2D eigenvalue weighted by Crippen LogP contribution is 2.24. The van der Waals surface area contributed by atoms with Crippen LogP contribution >= 0.6 is 15.9 Å². The van der Waals surface area contributed by atoms with Crippen LogP contribution in [0.2, 0.25) is 0 Å². The lowest BCUT2D eigenvalue weighted by atomic mass is 10.3. The van der Waals surface area contributed by atoms with Gasteiger partial charge in [0, 0.05) is 6.54 Å². The van der Waals surface area contributed by atoms with Crippen molar-refractivity contribution in [2.24, 2.45) is 0 Å². The van der Waals surface area contributed by atoms with Crippen LogP contribution in [-0.4, -0.2) is 16.5 Å². The lowest BCUT2D eigenvalue weighted by molar-refractivity contribution is 0.548. The van der Waals surface area contributed by atoms with Crippen molar-refractivity contribution in [2.45, 2.75) is 13.8 Å². The van der Waals surface area contributed by atoms with E-state index in [1.54, 1.807) is 19.1 Å². The number of aryl methyl sites for hydroxylation is 1. The molecule has 6 heteroatoms. The third-order valence-electron chi connectivity index (χ3n) is 2.15. The van der Waals surface area contributed by atoms with Crippen LogP contribution in [0, 0.1) is 12.7 Å². The van der Waals surface area contributed by atoms with Gasteiger partial charge in [-0.3, -0.25) is 0 Å². The molecule has 0 spiro atoms. The summed E-state index contributed by atoms with van der Waals surface area (Å²) in [6.07, 6.45) is 0. The molecule has 2 rings (SSSR count). The molecule has 1 N–H and O–H groups in total. The van der Waals surface area contributed by atoms with Gasteiger partial charge in [0.1, 0.15) is 0 Å². The van der Waals surface area contributed by atoms with Gasteiger partial charge < -0.3 is 9.73 Å². The number of aromatic nitrogens is 2. The van der Waals surface area contributed by atoms with Gasteiger partial charge in [0.25, 0.3) is 0 Å². The predicted molar refractivity (Wildman–Crippen MR) is 66.3 cm³/mol. The summed E-state index contributed by atoms with van der Waals surface area (Å²) in [5.74, 6) is 0.633. The summed E-state index contributed by atoms with van der Waals surface area (Å²) in [6, 6.07) is 3.47. The van der Waals surface area contributed by atoms with Crippen LogP contribution in [0.4, 0.5) is 10.2 Å². The largest absolute Gasteiger partial charge is 0.446 e. The first-order valence-corrected chi connectivity index (χ1v) is 5.94. The Labute approximate surface area is 106 Å². The van der Waals surface area contributed by atoms with E-state index < -0.39 is 5.82 Å². The molecule has 2 heterocycles. The van der Waals surface area contributed by atoms with Gasteiger partial charge in [-0.2, -0.15) is 0 Å². The number of furan rings is 1. The van der Waals surface area contributed by atoms with Crippen molar-refractivity contribution in [1.29, 1.82) is 0 Å². The average Bonchev–Trinajstić information content (AvgIpc) is 2.71. The molecule has 0 saturated carbocycles. The second-order valence-electron chi connectivity index (χ2n) is 3.43. The van der Waals surface area contributed by atoms with E-state index in [0.717, 1.165) is 0 Å². The Morgan fingerprint density at radius 2 is 2.18 bits per heavy atom. The van der Waals surface area contributed by atoms with E-state index in [9.17, 15) is 4.39 Å². The fourth-order valence-electron chi connectivity index (χ4n) is 1.39. The normalized spacial score (nSPS) is 10.6. The van der Waals surface area contributed by atoms with Gasteiger partial charge in [-0.05, 0) is 41.9 Å². The maximum atomic E-state index is 13.7. The number of halogens is 2. The first kappa shape index (κ1) is 12.0. The van der Waals surface area contributed by atoms with Crippen LogP contribution in [-0.2, 0) is 0 Å². The third kappa shape index (κ3) is 2.46. The molecule has 4 nitrogen and oxygen atoms in total. The van der Waals surface area contributed by atoms with E-state index in [-0.39, 0.29) is 5.82 Å². The van der Waals surface area contributed by atoms with Gasteiger partial charge in [-0.15, -0.1) is 0 Å². The van der Waals surface area contributed by atoms with Crippen molar-refractivity contribution in [3.63, 3.8) is 0 Å². The SMILES string of the molecule is CCNc1nc(-c2ccc(Br)o2)nc(C)c1F. The Morgan fingerprint density at radius 1 is 1.41 bits per heavy atom. The minimum absolute atomic E-state index is 0.197. The van der Waals surface area contributed by atoms with Crippen molar-refractivity contribution in [2.75, 3.05) is 11.9 Å². The first-order chi connectivity index (χ1) is 8.11. The number of hydrogen-bond acceptors (Lipinski definition) is 4. The minimum Gasteiger partial charge on any atom is -0.446 e. The van der Waals surface area contributed by atoms with Crippen LogP contribution in [0.3, 0.4) is 0 Å². The molecule has 0 amide bonds. The zero-order valence-corrected chi connectivity index (χ0v) is 11.0. The Kier molecular flexibility index (Phi) is 3.42. The number of nitrogens with one attached hydrogen (secondary N) is 1. The van der Waals surface area contributed by atoms with Gasteiger partial charge >= 0.3 is 0 Å². The van der Waals surface area contributed by atoms with E-state index in [0.29, 0.717) is 28.5 Å². The average molecular weight is 300 g/mol. The zero-order valence-electron chi connectivity index (χ0n) is 9.42. The highest BCUT2D eigenvalue weighted by Gasteiger charge is 2.14. The molecule has 0 saturated heterocycles. The van der Waals surface area contributed by atoms with E-state index in [1.807, 2.05) is 6.92 Å². The summed E-state index contributed by atoms with van der Waals surface area (Å²) in [5, 5.41) is 2.85. The van der Waals surface area contributed by atoms with Crippen molar-refractivity contribution >= 4 is 21.7 Å². The van der Waals surface area contributed by atoms with Crippen LogP contribution in [0.1, 0.15) is 12.6 Å². The van der Waals surface area contributed by atoms with Crippen molar-refractivity contribution in [1.82, 2.24) is 9.97 Å². The van der Waals surface area contributed by atoms with Gasteiger partial charge in [0.05, 0.1) is 5.69 Å². The summed E-state index contributed by atoms with van der Waals surface area (Å²) >= 11 is 3.20. The van der Waals surface area contributed by atoms with Crippen LogP contribution in [0.25, 0.3) is 11.6 Å². The summed E-state index contributed by atoms with van der Waals surface area (Å²) in [5.41, 5.74) is 0.290. The summed E-state index contributed by atoms with van der Waals surface area (Å²) < 4.78 is 19.6. The molecule has 0 radical (unpaired) electrons. The maximum absolute atomic E-state index is 13.7. The molecular formula is C11H11BrFN3O. The number of hydrogen-bond donors (Lipinski definition) is 1. The van der Waals surface area contributed by atoms with E-state index >= 15 is 0 Å². The highest BCUT2D eigenvalue weighted by atomic mass is 79.9. The number of nitrogens with zero attached hydrogens (tertiary/aromatic N) is 2. The molecule has 0 bridgehead atoms. The molecule has 0 unspecified atom stereocenters. The standard InChI is InChI=1S/C11H11BrFN3O/c1-3-14-11-9(13)6(2)15-10(16-11)7-4-5-8(12)17-7/h4-5H,3H2,1-2H3,(H,14,15,16). The van der Waals surface area contributed by atoms with Gasteiger partial charge in [0.2, 0.25) is 0 Å². The quantitative estimate of drug-likeness (QED) is 0.944. The highest BCUT2D eigenvalue weighted by molar-refractivity contribution is 9.10. The Balaban J connectivity index is 2.48. The topological polar surface area (TPSA) is 51.0 Å². The summed E-state index contributed by atoms with van der Waals surface area (Å²) in [6.45, 7) is 4.06. The molecule has 0 fully saturated rings. The first-order valence-electron chi connectivity index (χ1n) is 5.15. The molecule has 2 aromatic rings. The molecular weight excluding hydrogens is 289 g/mol. The minimum atomic E-state index is -0.429.